The minimum absolute atomic E-state index is 1.29. The van der Waals surface area contributed by atoms with Crippen molar-refractivity contribution in [2.75, 3.05) is 0 Å². The summed E-state index contributed by atoms with van der Waals surface area (Å²) in [5, 5.41) is 4.88. The fourth-order valence-corrected chi connectivity index (χ4v) is 2.85. The van der Waals surface area contributed by atoms with E-state index in [4.69, 9.17) is 0 Å². The van der Waals surface area contributed by atoms with Gasteiger partial charge in [-0.05, 0) is 10.4 Å². The van der Waals surface area contributed by atoms with Crippen LogP contribution in [0.4, 0.5) is 0 Å². The summed E-state index contributed by atoms with van der Waals surface area (Å²) < 4.78 is 8.34. The summed E-state index contributed by atoms with van der Waals surface area (Å²) in [5.74, 6) is -8.97. The maximum atomic E-state index is 11.5. The molecule has 3 aliphatic rings. The molecule has 0 amide bonds. The molecule has 2 heterocycles. The van der Waals surface area contributed by atoms with Crippen molar-refractivity contribution in [3.05, 3.63) is 9.81 Å². The van der Waals surface area contributed by atoms with Gasteiger partial charge in [-0.1, -0.05) is 0 Å². The highest BCUT2D eigenvalue weighted by Gasteiger charge is 2.93. The molecule has 0 aromatic heterocycles. The summed E-state index contributed by atoms with van der Waals surface area (Å²) in [6, 6.07) is 0. The van der Waals surface area contributed by atoms with Crippen LogP contribution in [0.1, 0.15) is 0 Å². The second-order valence-corrected chi connectivity index (χ2v) is 4.12. The number of esters is 4. The van der Waals surface area contributed by atoms with Crippen molar-refractivity contribution in [1.29, 1.82) is 0 Å². The maximum Gasteiger partial charge on any atom is 0.347 e. The van der Waals surface area contributed by atoms with Gasteiger partial charge in [-0.15, -0.1) is 9.81 Å². The summed E-state index contributed by atoms with van der Waals surface area (Å²) in [6.45, 7) is 0. The molecule has 0 unspecified atom stereocenters. The van der Waals surface area contributed by atoms with Gasteiger partial charge < -0.3 is 9.47 Å². The van der Waals surface area contributed by atoms with Crippen LogP contribution in [0, 0.1) is 21.6 Å². The van der Waals surface area contributed by atoms with Gasteiger partial charge in [0, 0.05) is 0 Å². The van der Waals surface area contributed by atoms with E-state index in [9.17, 15) is 29.0 Å². The van der Waals surface area contributed by atoms with E-state index in [2.05, 4.69) is 19.8 Å². The van der Waals surface area contributed by atoms with Crippen molar-refractivity contribution in [1.82, 2.24) is 0 Å². The quantitative estimate of drug-likeness (QED) is 0.325. The first-order chi connectivity index (χ1) is 8.46. The minimum atomic E-state index is -2.41. The van der Waals surface area contributed by atoms with Crippen LogP contribution in [0.25, 0.3) is 0 Å². The number of carbonyl (C=O) groups excluding carboxylic acids is 4. The van der Waals surface area contributed by atoms with Crippen LogP contribution in [0.2, 0.25) is 0 Å². The number of nitrogens with zero attached hydrogens (tertiary/aromatic N) is 2. The third-order valence-electron chi connectivity index (χ3n) is 3.57. The molecular formula is C8H2N2O8. The minimum Gasteiger partial charge on any atom is -0.391 e. The third kappa shape index (κ3) is 0.682. The first kappa shape index (κ1) is 10.6. The molecular weight excluding hydrogens is 252 g/mol. The van der Waals surface area contributed by atoms with Gasteiger partial charge in [0.15, 0.2) is 0 Å². The molecule has 3 fully saturated rings. The van der Waals surface area contributed by atoms with E-state index >= 15 is 0 Å². The summed E-state index contributed by atoms with van der Waals surface area (Å²) in [4.78, 5) is 67.4. The number of fused-ring (bicyclic) bond motifs is 4. The molecule has 0 radical (unpaired) electrons. The maximum absolute atomic E-state index is 11.5. The summed E-state index contributed by atoms with van der Waals surface area (Å²) in [7, 11) is 0. The van der Waals surface area contributed by atoms with E-state index in [0.717, 1.165) is 0 Å². The van der Waals surface area contributed by atoms with E-state index in [1.54, 1.807) is 0 Å². The predicted octanol–water partition coefficient (Wildman–Crippen LogP) is -1.59. The van der Waals surface area contributed by atoms with Crippen molar-refractivity contribution in [3.8, 4) is 0 Å². The van der Waals surface area contributed by atoms with E-state index in [-0.39, 0.29) is 0 Å². The van der Waals surface area contributed by atoms with Gasteiger partial charge in [-0.3, -0.25) is 9.59 Å². The Hall–Kier alpha value is -2.52. The molecule has 18 heavy (non-hydrogen) atoms. The molecule has 0 N–H and O–H groups in total. The smallest absolute Gasteiger partial charge is 0.347 e. The predicted molar refractivity (Wildman–Crippen MR) is 46.2 cm³/mol. The average Bonchev–Trinajstić information content (AvgIpc) is 2.61. The Bertz CT molecular complexity index is 507. The molecule has 1 saturated carbocycles. The number of cyclic esters (lactones) is 4. The largest absolute Gasteiger partial charge is 0.391 e. The molecule has 1 aliphatic carbocycles. The Morgan fingerprint density at radius 3 is 1.39 bits per heavy atom. The molecule has 3 rings (SSSR count). The molecule has 10 heteroatoms. The fourth-order valence-electron chi connectivity index (χ4n) is 2.85. The zero-order chi connectivity index (χ0) is 13.3. The summed E-state index contributed by atoms with van der Waals surface area (Å²) >= 11 is 0. The van der Waals surface area contributed by atoms with Crippen molar-refractivity contribution < 1.29 is 28.7 Å². The Morgan fingerprint density at radius 2 is 1.11 bits per heavy atom. The van der Waals surface area contributed by atoms with Gasteiger partial charge in [0.25, 0.3) is 0 Å². The fraction of sp³-hybridized carbons (Fsp3) is 0.500. The average molecular weight is 254 g/mol. The second-order valence-electron chi connectivity index (χ2n) is 4.12. The van der Waals surface area contributed by atoms with Crippen LogP contribution >= 0.6 is 0 Å². The van der Waals surface area contributed by atoms with Crippen molar-refractivity contribution in [3.63, 3.8) is 0 Å². The lowest BCUT2D eigenvalue weighted by Gasteiger charge is -2.44. The number of rotatable bonds is 2. The summed E-state index contributed by atoms with van der Waals surface area (Å²) in [6.07, 6.45) is 0. The van der Waals surface area contributed by atoms with E-state index in [1.165, 1.54) is 0 Å². The molecule has 2 aliphatic heterocycles. The SMILES string of the molecule is O=NC12C(=O)OC(=O)C1C1(N=O)C(=O)OC(=O)C21. The van der Waals surface area contributed by atoms with Crippen LogP contribution in [-0.4, -0.2) is 35.0 Å². The van der Waals surface area contributed by atoms with Crippen molar-refractivity contribution >= 4 is 23.9 Å². The molecule has 10 nitrogen and oxygen atoms in total. The normalized spacial score (nSPS) is 44.7. The highest BCUT2D eigenvalue weighted by Crippen LogP contribution is 2.64. The van der Waals surface area contributed by atoms with Gasteiger partial charge in [0.05, 0.1) is 0 Å². The number of hydrogen-bond donors (Lipinski definition) is 0. The topological polar surface area (TPSA) is 146 Å². The number of hydrogen-bond acceptors (Lipinski definition) is 10. The van der Waals surface area contributed by atoms with E-state index in [0.29, 0.717) is 0 Å². The zero-order valence-corrected chi connectivity index (χ0v) is 8.32. The third-order valence-corrected chi connectivity index (χ3v) is 3.57. The molecule has 0 aromatic rings. The van der Waals surface area contributed by atoms with Gasteiger partial charge in [0.2, 0.25) is 11.1 Å². The van der Waals surface area contributed by atoms with Crippen LogP contribution in [0.5, 0.6) is 0 Å². The number of carbonyl (C=O) groups is 4. The van der Waals surface area contributed by atoms with Crippen LogP contribution < -0.4 is 0 Å². The molecule has 2 saturated heterocycles. The van der Waals surface area contributed by atoms with E-state index < -0.39 is 46.8 Å². The van der Waals surface area contributed by atoms with Gasteiger partial charge in [-0.25, -0.2) is 9.59 Å². The summed E-state index contributed by atoms with van der Waals surface area (Å²) in [5.41, 5.74) is -4.82. The van der Waals surface area contributed by atoms with Crippen molar-refractivity contribution in [2.24, 2.45) is 22.2 Å². The highest BCUT2D eigenvalue weighted by atomic mass is 16.6. The second kappa shape index (κ2) is 2.66. The number of ether oxygens (including phenoxy) is 2. The Kier molecular flexibility index (Phi) is 1.57. The number of nitroso groups, excluding NO2 is 2. The standard InChI is InChI=1S/C8H2N2O8/c11-3-1-7(9-15,5(13)17-3)2-4(12)18-6(14)8(1,2)10-16/h1-2H. The monoisotopic (exact) mass is 254 g/mol. The van der Waals surface area contributed by atoms with E-state index in [1.807, 2.05) is 0 Å². The first-order valence-electron chi connectivity index (χ1n) is 4.68. The zero-order valence-electron chi connectivity index (χ0n) is 8.32. The van der Waals surface area contributed by atoms with Crippen molar-refractivity contribution in [2.45, 2.75) is 11.1 Å². The molecule has 0 aromatic carbocycles. The molecule has 92 valence electrons. The van der Waals surface area contributed by atoms with Gasteiger partial charge in [0.1, 0.15) is 11.8 Å². The van der Waals surface area contributed by atoms with Gasteiger partial charge in [-0.2, -0.15) is 0 Å². The Morgan fingerprint density at radius 1 is 0.778 bits per heavy atom. The lowest BCUT2D eigenvalue weighted by atomic mass is 9.49. The first-order valence-corrected chi connectivity index (χ1v) is 4.68. The highest BCUT2D eigenvalue weighted by molar-refractivity contribution is 6.19. The van der Waals surface area contributed by atoms with Crippen LogP contribution in [0.3, 0.4) is 0 Å². The lowest BCUT2D eigenvalue weighted by Crippen LogP contribution is -2.74. The van der Waals surface area contributed by atoms with Crippen LogP contribution in [0.15, 0.2) is 10.4 Å². The lowest BCUT2D eigenvalue weighted by molar-refractivity contribution is -0.159. The Labute approximate surface area is 96.5 Å². The Balaban J connectivity index is 2.28. The molecule has 0 spiro atoms. The molecule has 0 bridgehead atoms. The van der Waals surface area contributed by atoms with Gasteiger partial charge >= 0.3 is 23.9 Å². The van der Waals surface area contributed by atoms with Crippen LogP contribution in [-0.2, 0) is 28.7 Å². The molecule has 0 atom stereocenters.